The number of halogens is 1. The Kier molecular flexibility index (Phi) is 1.96. The lowest BCUT2D eigenvalue weighted by molar-refractivity contribution is -0.116. The molecule has 0 aliphatic carbocycles. The molecule has 0 spiro atoms. The normalized spacial score (nSPS) is 16.7. The minimum atomic E-state index is -0.364. The number of hydrogen-bond acceptors (Lipinski definition) is 3. The summed E-state index contributed by atoms with van der Waals surface area (Å²) in [6, 6.07) is 2.89. The molecule has 1 aromatic heterocycles. The second-order valence-corrected chi connectivity index (χ2v) is 3.02. The van der Waals surface area contributed by atoms with Crippen LogP contribution in [0.3, 0.4) is 0 Å². The van der Waals surface area contributed by atoms with Gasteiger partial charge < -0.3 is 4.90 Å². The van der Waals surface area contributed by atoms with Gasteiger partial charge in [-0.2, -0.15) is 0 Å². The van der Waals surface area contributed by atoms with Gasteiger partial charge in [0.25, 0.3) is 0 Å². The predicted octanol–water partition coefficient (Wildman–Crippen LogP) is 1.000. The highest BCUT2D eigenvalue weighted by molar-refractivity contribution is 5.86. The first-order valence-electron chi connectivity index (χ1n) is 4.14. The quantitative estimate of drug-likeness (QED) is 0.646. The molecule has 0 N–H and O–H groups in total. The molecule has 68 valence electrons. The Morgan fingerprint density at radius 3 is 3.00 bits per heavy atom. The lowest BCUT2D eigenvalue weighted by atomic mass is 10.4. The van der Waals surface area contributed by atoms with Crippen molar-refractivity contribution in [1.29, 1.82) is 0 Å². The fourth-order valence-electron chi connectivity index (χ4n) is 1.42. The highest BCUT2D eigenvalue weighted by atomic mass is 19.1. The van der Waals surface area contributed by atoms with Gasteiger partial charge in [-0.05, 0) is 12.1 Å². The van der Waals surface area contributed by atoms with Crippen LogP contribution in [0.25, 0.3) is 0 Å². The van der Waals surface area contributed by atoms with Crippen LogP contribution in [0.4, 0.5) is 10.2 Å². The summed E-state index contributed by atoms with van der Waals surface area (Å²) in [5, 5.41) is 0. The largest absolute Gasteiger partial charge is 0.346 e. The number of aromatic nitrogens is 1. The third-order valence-electron chi connectivity index (χ3n) is 2.07. The standard InChI is InChI=1S/C9H9FN2O/c10-8-2-1-4-11-9(8)12-5-3-7(13)6-12/h1-2,4H,3,5-6H2. The predicted molar refractivity (Wildman–Crippen MR) is 46.0 cm³/mol. The fraction of sp³-hybridized carbons (Fsp3) is 0.333. The Labute approximate surface area is 75.2 Å². The fourth-order valence-corrected chi connectivity index (χ4v) is 1.42. The second-order valence-electron chi connectivity index (χ2n) is 3.02. The van der Waals surface area contributed by atoms with E-state index in [1.165, 1.54) is 18.3 Å². The summed E-state index contributed by atoms with van der Waals surface area (Å²) >= 11 is 0. The van der Waals surface area contributed by atoms with E-state index in [0.29, 0.717) is 13.0 Å². The molecule has 3 nitrogen and oxygen atoms in total. The van der Waals surface area contributed by atoms with Crippen molar-refractivity contribution in [2.24, 2.45) is 0 Å². The Balaban J connectivity index is 2.26. The molecule has 1 saturated heterocycles. The molecule has 0 saturated carbocycles. The van der Waals surface area contributed by atoms with Crippen LogP contribution in [0.2, 0.25) is 0 Å². The minimum Gasteiger partial charge on any atom is -0.346 e. The molecule has 1 aliphatic rings. The average molecular weight is 180 g/mol. The number of hydrogen-bond donors (Lipinski definition) is 0. The molecule has 0 radical (unpaired) electrons. The van der Waals surface area contributed by atoms with Gasteiger partial charge in [0, 0.05) is 19.2 Å². The smallest absolute Gasteiger partial charge is 0.165 e. The molecule has 4 heteroatoms. The van der Waals surface area contributed by atoms with Crippen molar-refractivity contribution in [1.82, 2.24) is 4.98 Å². The van der Waals surface area contributed by atoms with Gasteiger partial charge in [-0.1, -0.05) is 0 Å². The van der Waals surface area contributed by atoms with Gasteiger partial charge in [0.1, 0.15) is 0 Å². The van der Waals surface area contributed by atoms with Gasteiger partial charge in [-0.25, -0.2) is 9.37 Å². The Bertz CT molecular complexity index is 340. The van der Waals surface area contributed by atoms with Crippen LogP contribution < -0.4 is 4.90 Å². The van der Waals surface area contributed by atoms with Gasteiger partial charge >= 0.3 is 0 Å². The summed E-state index contributed by atoms with van der Waals surface area (Å²) in [4.78, 5) is 16.5. The zero-order valence-corrected chi connectivity index (χ0v) is 7.03. The van der Waals surface area contributed by atoms with E-state index in [1.54, 1.807) is 4.90 Å². The molecule has 0 aromatic carbocycles. The zero-order valence-electron chi connectivity index (χ0n) is 7.03. The van der Waals surface area contributed by atoms with Crippen LogP contribution in [0.5, 0.6) is 0 Å². The minimum absolute atomic E-state index is 0.144. The molecule has 1 aromatic rings. The number of pyridine rings is 1. The SMILES string of the molecule is O=C1CCN(c2ncccc2F)C1. The van der Waals surface area contributed by atoms with Gasteiger partial charge in [0.2, 0.25) is 0 Å². The van der Waals surface area contributed by atoms with Gasteiger partial charge in [-0.3, -0.25) is 4.79 Å². The monoisotopic (exact) mass is 180 g/mol. The second kappa shape index (κ2) is 3.12. The maximum Gasteiger partial charge on any atom is 0.165 e. The van der Waals surface area contributed by atoms with Crippen LogP contribution in [0.15, 0.2) is 18.3 Å². The van der Waals surface area contributed by atoms with E-state index < -0.39 is 0 Å². The van der Waals surface area contributed by atoms with Crippen LogP contribution in [0.1, 0.15) is 6.42 Å². The summed E-state index contributed by atoms with van der Waals surface area (Å²) in [6.07, 6.45) is 2.03. The summed E-state index contributed by atoms with van der Waals surface area (Å²) in [5.41, 5.74) is 0. The maximum atomic E-state index is 13.2. The van der Waals surface area contributed by atoms with E-state index in [2.05, 4.69) is 4.98 Å². The molecule has 0 atom stereocenters. The van der Waals surface area contributed by atoms with Crippen molar-refractivity contribution >= 4 is 11.6 Å². The topological polar surface area (TPSA) is 33.2 Å². The van der Waals surface area contributed by atoms with Crippen molar-refractivity contribution < 1.29 is 9.18 Å². The number of nitrogens with zero attached hydrogens (tertiary/aromatic N) is 2. The van der Waals surface area contributed by atoms with E-state index in [1.807, 2.05) is 0 Å². The van der Waals surface area contributed by atoms with Gasteiger partial charge in [0.15, 0.2) is 17.4 Å². The zero-order chi connectivity index (χ0) is 9.26. The van der Waals surface area contributed by atoms with Crippen LogP contribution >= 0.6 is 0 Å². The molecule has 0 amide bonds. The number of carbonyl (C=O) groups is 1. The molecular weight excluding hydrogens is 171 g/mol. The molecule has 2 rings (SSSR count). The third kappa shape index (κ3) is 1.52. The van der Waals surface area contributed by atoms with Crippen molar-refractivity contribution in [3.05, 3.63) is 24.1 Å². The average Bonchev–Trinajstić information content (AvgIpc) is 2.53. The number of Topliss-reactive ketones (excluding diaryl/α,β-unsaturated/α-hetero) is 1. The van der Waals surface area contributed by atoms with Gasteiger partial charge in [-0.15, -0.1) is 0 Å². The molecule has 1 aliphatic heterocycles. The summed E-state index contributed by atoms with van der Waals surface area (Å²) in [5.74, 6) is 0.0654. The third-order valence-corrected chi connectivity index (χ3v) is 2.07. The summed E-state index contributed by atoms with van der Waals surface area (Å²) in [7, 11) is 0. The lowest BCUT2D eigenvalue weighted by Crippen LogP contribution is -2.21. The van der Waals surface area contributed by atoms with Gasteiger partial charge in [0.05, 0.1) is 6.54 Å². The highest BCUT2D eigenvalue weighted by Gasteiger charge is 2.22. The lowest BCUT2D eigenvalue weighted by Gasteiger charge is -2.14. The van der Waals surface area contributed by atoms with E-state index in [-0.39, 0.29) is 24.0 Å². The number of rotatable bonds is 1. The van der Waals surface area contributed by atoms with Crippen molar-refractivity contribution in [2.75, 3.05) is 18.0 Å². The molecule has 2 heterocycles. The first kappa shape index (κ1) is 8.16. The number of anilines is 1. The van der Waals surface area contributed by atoms with Crippen LogP contribution in [-0.2, 0) is 4.79 Å². The van der Waals surface area contributed by atoms with E-state index in [9.17, 15) is 9.18 Å². The molecule has 1 fully saturated rings. The van der Waals surface area contributed by atoms with E-state index in [4.69, 9.17) is 0 Å². The Morgan fingerprint density at radius 1 is 1.54 bits per heavy atom. The first-order chi connectivity index (χ1) is 6.27. The van der Waals surface area contributed by atoms with Crippen molar-refractivity contribution in [3.63, 3.8) is 0 Å². The van der Waals surface area contributed by atoms with Crippen LogP contribution in [0, 0.1) is 5.82 Å². The Morgan fingerprint density at radius 2 is 2.38 bits per heavy atom. The molecule has 0 unspecified atom stereocenters. The number of ketones is 1. The van der Waals surface area contributed by atoms with Crippen LogP contribution in [-0.4, -0.2) is 23.9 Å². The summed E-state index contributed by atoms with van der Waals surface area (Å²) < 4.78 is 13.2. The molecule has 0 bridgehead atoms. The van der Waals surface area contributed by atoms with Crippen molar-refractivity contribution in [2.45, 2.75) is 6.42 Å². The van der Waals surface area contributed by atoms with E-state index in [0.717, 1.165) is 0 Å². The summed E-state index contributed by atoms with van der Waals surface area (Å²) in [6.45, 7) is 0.862. The molecule has 13 heavy (non-hydrogen) atoms. The van der Waals surface area contributed by atoms with E-state index >= 15 is 0 Å². The Hall–Kier alpha value is -1.45. The number of carbonyl (C=O) groups excluding carboxylic acids is 1. The van der Waals surface area contributed by atoms with Crippen molar-refractivity contribution in [3.8, 4) is 0 Å². The highest BCUT2D eigenvalue weighted by Crippen LogP contribution is 2.18. The first-order valence-corrected chi connectivity index (χ1v) is 4.14. The molecular formula is C9H9FN2O. The maximum absolute atomic E-state index is 13.2.